The number of halogens is 1. The molecular weight excluding hydrogens is 442 g/mol. The molecule has 5 nitrogen and oxygen atoms in total. The van der Waals surface area contributed by atoms with Crippen LogP contribution in [-0.2, 0) is 0 Å². The molecule has 2 aliphatic heterocycles. The highest BCUT2D eigenvalue weighted by Gasteiger charge is 2.16. The molecule has 0 fully saturated rings. The Bertz CT molecular complexity index is 1070. The van der Waals surface area contributed by atoms with Crippen molar-refractivity contribution in [2.24, 2.45) is 0 Å². The molecule has 2 aliphatic rings. The number of allylic oxidation sites excluding steroid dienone is 1. The summed E-state index contributed by atoms with van der Waals surface area (Å²) in [6.45, 7) is 14.6. The molecule has 2 aromatic rings. The maximum absolute atomic E-state index is 6.22. The minimum atomic E-state index is 0.170. The number of hydrogen-bond donors (Lipinski definition) is 4. The Morgan fingerprint density at radius 3 is 2.56 bits per heavy atom. The number of anilines is 1. The van der Waals surface area contributed by atoms with Crippen LogP contribution in [0.25, 0.3) is 11.1 Å². The third-order valence-corrected chi connectivity index (χ3v) is 5.83. The third-order valence-electron chi connectivity index (χ3n) is 5.61. The topological polar surface area (TPSA) is 51.4 Å². The first kappa shape index (κ1) is 25.3. The van der Waals surface area contributed by atoms with E-state index in [4.69, 9.17) is 11.6 Å². The Kier molecular flexibility index (Phi) is 9.11. The lowest BCUT2D eigenvalue weighted by Crippen LogP contribution is -2.38. The van der Waals surface area contributed by atoms with Crippen LogP contribution in [-0.4, -0.2) is 25.9 Å². The van der Waals surface area contributed by atoms with Gasteiger partial charge in [0.1, 0.15) is 5.16 Å². The zero-order valence-corrected chi connectivity index (χ0v) is 21.3. The molecule has 0 saturated carbocycles. The summed E-state index contributed by atoms with van der Waals surface area (Å²) in [6.07, 6.45) is 6.07. The zero-order valence-electron chi connectivity index (χ0n) is 20.6. The molecular formula is C28H36ClN5. The second kappa shape index (κ2) is 12.2. The molecule has 2 aromatic carbocycles. The molecule has 0 amide bonds. The summed E-state index contributed by atoms with van der Waals surface area (Å²) in [4.78, 5) is 2.32. The van der Waals surface area contributed by atoms with E-state index in [1.165, 1.54) is 22.4 Å². The summed E-state index contributed by atoms with van der Waals surface area (Å²) >= 11 is 6.22. The average Bonchev–Trinajstić information content (AvgIpc) is 3.36. The van der Waals surface area contributed by atoms with Gasteiger partial charge in [-0.05, 0) is 54.3 Å². The van der Waals surface area contributed by atoms with Crippen LogP contribution in [0.1, 0.15) is 26.3 Å². The molecule has 2 heterocycles. The van der Waals surface area contributed by atoms with E-state index in [0.29, 0.717) is 11.8 Å². The van der Waals surface area contributed by atoms with E-state index in [-0.39, 0.29) is 6.04 Å². The van der Waals surface area contributed by atoms with Crippen molar-refractivity contribution in [3.63, 3.8) is 0 Å². The highest BCUT2D eigenvalue weighted by atomic mass is 35.5. The predicted molar refractivity (Wildman–Crippen MR) is 146 cm³/mol. The maximum atomic E-state index is 6.22. The second-order valence-electron chi connectivity index (χ2n) is 8.15. The summed E-state index contributed by atoms with van der Waals surface area (Å²) in [6, 6.07) is 17.3. The molecule has 1 unspecified atom stereocenters. The summed E-state index contributed by atoms with van der Waals surface area (Å²) in [7, 11) is 0. The van der Waals surface area contributed by atoms with Gasteiger partial charge in [0.15, 0.2) is 0 Å². The van der Waals surface area contributed by atoms with Crippen LogP contribution in [0, 0.1) is 6.92 Å². The highest BCUT2D eigenvalue weighted by molar-refractivity contribution is 6.29. The Balaban J connectivity index is 0.00000158. The molecule has 4 rings (SSSR count). The van der Waals surface area contributed by atoms with Crippen molar-refractivity contribution < 1.29 is 0 Å². The van der Waals surface area contributed by atoms with Crippen molar-refractivity contribution in [1.82, 2.24) is 21.3 Å². The van der Waals surface area contributed by atoms with Crippen LogP contribution in [0.15, 0.2) is 95.6 Å². The van der Waals surface area contributed by atoms with Crippen LogP contribution in [0.3, 0.4) is 0 Å². The van der Waals surface area contributed by atoms with Gasteiger partial charge in [0.05, 0.1) is 19.9 Å². The lowest BCUT2D eigenvalue weighted by atomic mass is 10.0. The van der Waals surface area contributed by atoms with E-state index in [9.17, 15) is 0 Å². The zero-order chi connectivity index (χ0) is 24.5. The van der Waals surface area contributed by atoms with Gasteiger partial charge in [0.2, 0.25) is 0 Å². The Hall–Kier alpha value is -3.31. The van der Waals surface area contributed by atoms with Crippen molar-refractivity contribution in [3.05, 3.63) is 101 Å². The van der Waals surface area contributed by atoms with E-state index >= 15 is 0 Å². The van der Waals surface area contributed by atoms with Crippen molar-refractivity contribution >= 4 is 17.3 Å². The fourth-order valence-corrected chi connectivity index (χ4v) is 4.27. The minimum Gasteiger partial charge on any atom is -0.372 e. The number of nitrogens with one attached hydrogen (secondary N) is 4. The number of dihydropyridines is 1. The smallest absolute Gasteiger partial charge is 0.103 e. The molecule has 0 spiro atoms. The van der Waals surface area contributed by atoms with Gasteiger partial charge in [-0.15, -0.1) is 0 Å². The molecule has 6 heteroatoms. The molecule has 0 aliphatic carbocycles. The first-order valence-electron chi connectivity index (χ1n) is 11.9. The molecule has 0 aromatic heterocycles. The summed E-state index contributed by atoms with van der Waals surface area (Å²) < 4.78 is 0. The summed E-state index contributed by atoms with van der Waals surface area (Å²) in [5.41, 5.74) is 7.87. The Labute approximate surface area is 209 Å². The molecule has 0 radical (unpaired) electrons. The van der Waals surface area contributed by atoms with Gasteiger partial charge in [-0.25, -0.2) is 0 Å². The van der Waals surface area contributed by atoms with E-state index in [0.717, 1.165) is 30.2 Å². The number of rotatable bonds is 8. The number of hydrogen-bond acceptors (Lipinski definition) is 5. The van der Waals surface area contributed by atoms with Crippen LogP contribution >= 0.6 is 11.6 Å². The van der Waals surface area contributed by atoms with Crippen molar-refractivity contribution in [1.29, 1.82) is 0 Å². The SMILES string of the molecule is C=C(NCN(CC1=CNCN1)c1ccc(-c2ccccc2)cc1C)C1=CC(C)NC(Cl)=C1.CC. The van der Waals surface area contributed by atoms with Crippen molar-refractivity contribution in [2.75, 3.05) is 24.8 Å². The molecule has 0 bridgehead atoms. The molecule has 34 heavy (non-hydrogen) atoms. The van der Waals surface area contributed by atoms with Gasteiger partial charge in [-0.1, -0.05) is 74.5 Å². The van der Waals surface area contributed by atoms with E-state index < -0.39 is 0 Å². The van der Waals surface area contributed by atoms with Gasteiger partial charge in [0, 0.05) is 29.3 Å². The quantitative estimate of drug-likeness (QED) is 0.297. The van der Waals surface area contributed by atoms with Gasteiger partial charge in [-0.2, -0.15) is 0 Å². The Morgan fingerprint density at radius 1 is 1.15 bits per heavy atom. The summed E-state index contributed by atoms with van der Waals surface area (Å²) in [5.74, 6) is 0. The average molecular weight is 478 g/mol. The minimum absolute atomic E-state index is 0.170. The first-order chi connectivity index (χ1) is 16.5. The fourth-order valence-electron chi connectivity index (χ4n) is 3.98. The largest absolute Gasteiger partial charge is 0.372 e. The number of aryl methyl sites for hydroxylation is 1. The second-order valence-corrected chi connectivity index (χ2v) is 8.56. The Morgan fingerprint density at radius 2 is 1.91 bits per heavy atom. The van der Waals surface area contributed by atoms with E-state index in [1.54, 1.807) is 0 Å². The standard InChI is InChI=1S/C26H30ClN5.C2H6/c1-18-11-22(21-7-5-4-6-8-21)9-10-25(18)32(15-24-14-28-16-29-24)17-30-20(3)23-12-19(2)31-26(27)13-23;1-2/h4-14,19,28-31H,3,15-17H2,1-2H3;1-2H3. The van der Waals surface area contributed by atoms with Crippen LogP contribution in [0.4, 0.5) is 5.69 Å². The number of nitrogens with zero attached hydrogens (tertiary/aromatic N) is 1. The van der Waals surface area contributed by atoms with Gasteiger partial charge >= 0.3 is 0 Å². The van der Waals surface area contributed by atoms with Gasteiger partial charge in [-0.3, -0.25) is 0 Å². The van der Waals surface area contributed by atoms with Gasteiger partial charge in [0.25, 0.3) is 0 Å². The number of benzene rings is 2. The third kappa shape index (κ3) is 6.61. The highest BCUT2D eigenvalue weighted by Crippen LogP contribution is 2.28. The lowest BCUT2D eigenvalue weighted by Gasteiger charge is -2.29. The molecule has 180 valence electrons. The molecule has 4 N–H and O–H groups in total. The lowest BCUT2D eigenvalue weighted by molar-refractivity contribution is 0.709. The van der Waals surface area contributed by atoms with Crippen LogP contribution in [0.5, 0.6) is 0 Å². The fraction of sp³-hybridized carbons (Fsp3) is 0.286. The van der Waals surface area contributed by atoms with E-state index in [2.05, 4.69) is 95.1 Å². The normalized spacial score (nSPS) is 16.4. The monoisotopic (exact) mass is 477 g/mol. The van der Waals surface area contributed by atoms with Crippen molar-refractivity contribution in [2.45, 2.75) is 33.7 Å². The van der Waals surface area contributed by atoms with E-state index in [1.807, 2.05) is 32.2 Å². The maximum Gasteiger partial charge on any atom is 0.103 e. The van der Waals surface area contributed by atoms with Crippen molar-refractivity contribution in [3.8, 4) is 11.1 Å². The van der Waals surface area contributed by atoms with Crippen LogP contribution < -0.4 is 26.2 Å². The van der Waals surface area contributed by atoms with Gasteiger partial charge < -0.3 is 26.2 Å². The molecule has 1 atom stereocenters. The predicted octanol–water partition coefficient (Wildman–Crippen LogP) is 5.55. The first-order valence-corrected chi connectivity index (χ1v) is 12.2. The molecule has 0 saturated heterocycles. The summed E-state index contributed by atoms with van der Waals surface area (Å²) in [5, 5.41) is 13.9. The van der Waals surface area contributed by atoms with Crippen LogP contribution in [0.2, 0.25) is 0 Å².